The van der Waals surface area contributed by atoms with Crippen LogP contribution in [-0.2, 0) is 13.2 Å². The van der Waals surface area contributed by atoms with Crippen LogP contribution in [0.5, 0.6) is 0 Å². The quantitative estimate of drug-likeness (QED) is 0.453. The van der Waals surface area contributed by atoms with Crippen LogP contribution in [0.15, 0.2) is 29.3 Å². The van der Waals surface area contributed by atoms with Gasteiger partial charge in [0.25, 0.3) is 11.5 Å². The molecule has 10 nitrogen and oxygen atoms in total. The second-order valence-corrected chi connectivity index (χ2v) is 10.9. The van der Waals surface area contributed by atoms with Crippen LogP contribution in [0.3, 0.4) is 0 Å². The minimum absolute atomic E-state index is 0.122. The predicted molar refractivity (Wildman–Crippen MR) is 142 cm³/mol. The molecule has 5 heterocycles. The third kappa shape index (κ3) is 5.72. The maximum atomic E-state index is 15.5. The zero-order valence-corrected chi connectivity index (χ0v) is 22.8. The Bertz CT molecular complexity index is 1500. The third-order valence-electron chi connectivity index (χ3n) is 8.00. The van der Waals surface area contributed by atoms with Gasteiger partial charge in [0.2, 0.25) is 0 Å². The minimum atomic E-state index is -4.76. The number of amides is 2. The van der Waals surface area contributed by atoms with Gasteiger partial charge in [-0.1, -0.05) is 0 Å². The number of H-pyrrole nitrogens is 1. The fraction of sp³-hybridized carbons (Fsp3) is 0.538. The van der Waals surface area contributed by atoms with Gasteiger partial charge in [-0.3, -0.25) is 9.89 Å². The molecule has 222 valence electrons. The number of alkyl halides is 5. The van der Waals surface area contributed by atoms with Gasteiger partial charge in [-0.25, -0.2) is 18.6 Å². The van der Waals surface area contributed by atoms with Gasteiger partial charge in [-0.2, -0.15) is 18.3 Å². The molecule has 0 unspecified atom stereocenters. The van der Waals surface area contributed by atoms with E-state index in [2.05, 4.69) is 32.4 Å². The van der Waals surface area contributed by atoms with Crippen molar-refractivity contribution in [2.24, 2.45) is 7.05 Å². The van der Waals surface area contributed by atoms with Crippen LogP contribution in [0, 0.1) is 0 Å². The summed E-state index contributed by atoms with van der Waals surface area (Å²) in [5.41, 5.74) is -0.741. The molecule has 15 heteroatoms. The van der Waals surface area contributed by atoms with Gasteiger partial charge >= 0.3 is 12.2 Å². The molecule has 2 amide bonds. The number of halogens is 5. The number of nitrogens with one attached hydrogen (secondary N) is 2. The molecule has 0 aliphatic carbocycles. The van der Waals surface area contributed by atoms with E-state index < -0.39 is 47.5 Å². The number of anilines is 2. The Morgan fingerprint density at radius 1 is 1.15 bits per heavy atom. The lowest BCUT2D eigenvalue weighted by Crippen LogP contribution is -2.59. The molecule has 2 aliphatic rings. The highest BCUT2D eigenvalue weighted by Crippen LogP contribution is 2.36. The summed E-state index contributed by atoms with van der Waals surface area (Å²) in [5, 5.41) is 10.3. The largest absolute Gasteiger partial charge is 0.417 e. The zero-order chi connectivity index (χ0) is 29.7. The van der Waals surface area contributed by atoms with E-state index in [4.69, 9.17) is 0 Å². The number of aromatic amines is 1. The maximum absolute atomic E-state index is 15.5. The SMILES string of the molecule is CN1CCC(c2n[nH]c3ncc(N4CC[C@@H](N(C)C(=O)Nc5cc(C(F)(F)F)cn(C)c5=O)C(F)(F)C4)cc23)CC1. The number of fused-ring (bicyclic) bond motifs is 1. The summed E-state index contributed by atoms with van der Waals surface area (Å²) in [6.07, 6.45) is -0.912. The fourth-order valence-corrected chi connectivity index (χ4v) is 5.60. The lowest BCUT2D eigenvalue weighted by molar-refractivity contribution is -0.138. The summed E-state index contributed by atoms with van der Waals surface area (Å²) in [5.74, 6) is -3.13. The molecule has 2 N–H and O–H groups in total. The molecule has 0 aromatic carbocycles. The molecule has 3 aromatic rings. The van der Waals surface area contributed by atoms with Crippen LogP contribution in [0.25, 0.3) is 11.0 Å². The van der Waals surface area contributed by atoms with Gasteiger partial charge in [-0.15, -0.1) is 0 Å². The Hall–Kier alpha value is -3.75. The molecule has 5 rings (SSSR count). The van der Waals surface area contributed by atoms with Gasteiger partial charge in [0.15, 0.2) is 5.65 Å². The minimum Gasteiger partial charge on any atom is -0.364 e. The average molecular weight is 583 g/mol. The zero-order valence-electron chi connectivity index (χ0n) is 22.8. The van der Waals surface area contributed by atoms with E-state index in [0.717, 1.165) is 56.0 Å². The summed E-state index contributed by atoms with van der Waals surface area (Å²) in [6, 6.07) is -0.346. The first-order valence-corrected chi connectivity index (χ1v) is 13.2. The van der Waals surface area contributed by atoms with Crippen LogP contribution >= 0.6 is 0 Å². The van der Waals surface area contributed by atoms with Gasteiger partial charge < -0.3 is 24.6 Å². The number of carbonyl (C=O) groups excluding carboxylic acids is 1. The van der Waals surface area contributed by atoms with Crippen LogP contribution in [-0.4, -0.2) is 87.8 Å². The highest BCUT2D eigenvalue weighted by Gasteiger charge is 2.48. The molecule has 3 aromatic heterocycles. The van der Waals surface area contributed by atoms with Crippen molar-refractivity contribution >= 4 is 28.4 Å². The molecule has 2 aliphatic heterocycles. The number of urea groups is 1. The molecule has 0 saturated carbocycles. The van der Waals surface area contributed by atoms with Crippen LogP contribution in [0.1, 0.15) is 36.4 Å². The number of likely N-dealkylation sites (tertiary alicyclic amines) is 1. The summed E-state index contributed by atoms with van der Waals surface area (Å²) in [4.78, 5) is 34.0. The van der Waals surface area contributed by atoms with Gasteiger partial charge in [0.1, 0.15) is 11.7 Å². The molecule has 1 atom stereocenters. The van der Waals surface area contributed by atoms with Crippen LogP contribution in [0.4, 0.5) is 38.1 Å². The number of carbonyl (C=O) groups is 1. The summed E-state index contributed by atoms with van der Waals surface area (Å²) < 4.78 is 71.2. The van der Waals surface area contributed by atoms with Gasteiger partial charge in [0, 0.05) is 38.1 Å². The highest BCUT2D eigenvalue weighted by atomic mass is 19.4. The Morgan fingerprint density at radius 3 is 2.51 bits per heavy atom. The number of aryl methyl sites for hydroxylation is 1. The second-order valence-electron chi connectivity index (χ2n) is 10.9. The average Bonchev–Trinajstić information content (AvgIpc) is 3.33. The lowest BCUT2D eigenvalue weighted by Gasteiger charge is -2.42. The molecule has 2 saturated heterocycles. The van der Waals surface area contributed by atoms with Crippen LogP contribution in [0.2, 0.25) is 0 Å². The van der Waals surface area contributed by atoms with E-state index in [1.807, 2.05) is 6.07 Å². The van der Waals surface area contributed by atoms with Crippen molar-refractivity contribution < 1.29 is 26.7 Å². The molecule has 0 bridgehead atoms. The molecule has 0 spiro atoms. The number of hydrogen-bond acceptors (Lipinski definition) is 6. The smallest absolute Gasteiger partial charge is 0.364 e. The molecule has 0 radical (unpaired) electrons. The third-order valence-corrected chi connectivity index (χ3v) is 8.00. The Morgan fingerprint density at radius 2 is 1.85 bits per heavy atom. The van der Waals surface area contributed by atoms with Crippen molar-refractivity contribution in [2.45, 2.75) is 43.3 Å². The van der Waals surface area contributed by atoms with Crippen molar-refractivity contribution in [3.63, 3.8) is 0 Å². The first-order chi connectivity index (χ1) is 19.2. The summed E-state index contributed by atoms with van der Waals surface area (Å²) >= 11 is 0. The van der Waals surface area contributed by atoms with Crippen LogP contribution < -0.4 is 15.8 Å². The number of piperidine rings is 2. The molecular formula is C26H31F5N8O2. The molecule has 2 fully saturated rings. The van der Waals surface area contributed by atoms with E-state index in [0.29, 0.717) is 28.2 Å². The summed E-state index contributed by atoms with van der Waals surface area (Å²) in [7, 11) is 4.30. The van der Waals surface area contributed by atoms with E-state index in [1.54, 1.807) is 0 Å². The first kappa shape index (κ1) is 28.8. The van der Waals surface area contributed by atoms with Crippen molar-refractivity contribution in [1.29, 1.82) is 0 Å². The van der Waals surface area contributed by atoms with Crippen molar-refractivity contribution in [1.82, 2.24) is 29.5 Å². The van der Waals surface area contributed by atoms with E-state index >= 15 is 8.78 Å². The topological polar surface area (TPSA) is 102 Å². The monoisotopic (exact) mass is 582 g/mol. The molecular weight excluding hydrogens is 551 g/mol. The second kappa shape index (κ2) is 10.6. The predicted octanol–water partition coefficient (Wildman–Crippen LogP) is 3.86. The lowest BCUT2D eigenvalue weighted by atomic mass is 9.92. The standard InChI is InChI=1S/C26H31F5N8O2/c1-36-7-4-15(5-8-36)21-18-11-17(12-32-22(18)35-34-21)39-9-6-20(25(27,28)14-39)38(3)24(41)33-19-10-16(26(29,30)31)13-37(2)23(19)40/h10-13,15,20H,4-9,14H2,1-3H3,(H,33,41)(H,32,34,35)/t20-/m1/s1. The van der Waals surface area contributed by atoms with E-state index in [1.165, 1.54) is 11.1 Å². The number of nitrogens with zero attached hydrogens (tertiary/aromatic N) is 6. The molecule has 41 heavy (non-hydrogen) atoms. The maximum Gasteiger partial charge on any atom is 0.417 e. The van der Waals surface area contributed by atoms with Gasteiger partial charge in [-0.05, 0) is 51.5 Å². The highest BCUT2D eigenvalue weighted by molar-refractivity contribution is 5.89. The van der Waals surface area contributed by atoms with Gasteiger partial charge in [0.05, 0.1) is 29.7 Å². The van der Waals surface area contributed by atoms with Crippen molar-refractivity contribution in [3.05, 3.63) is 46.1 Å². The number of rotatable bonds is 4. The van der Waals surface area contributed by atoms with E-state index in [9.17, 15) is 22.8 Å². The fourth-order valence-electron chi connectivity index (χ4n) is 5.60. The Labute approximate surface area is 232 Å². The normalized spacial score (nSPS) is 20.4. The first-order valence-electron chi connectivity index (χ1n) is 13.2. The Balaban J connectivity index is 1.31. The van der Waals surface area contributed by atoms with Crippen molar-refractivity contribution in [3.8, 4) is 0 Å². The van der Waals surface area contributed by atoms with E-state index in [-0.39, 0.29) is 18.9 Å². The van der Waals surface area contributed by atoms with Crippen molar-refractivity contribution in [2.75, 3.05) is 50.5 Å². The summed E-state index contributed by atoms with van der Waals surface area (Å²) in [6.45, 7) is 1.36. The Kier molecular flexibility index (Phi) is 7.42. The number of hydrogen-bond donors (Lipinski definition) is 2. The number of pyridine rings is 2. The number of aromatic nitrogens is 4.